The predicted octanol–water partition coefficient (Wildman–Crippen LogP) is 0.314. The molecule has 4 N–H and O–H groups in total. The molecule has 0 heterocycles. The zero-order valence-corrected chi connectivity index (χ0v) is 12.6. The first-order valence-corrected chi connectivity index (χ1v) is 7.89. The Morgan fingerprint density at radius 3 is 2.14 bits per heavy atom. The molecule has 0 aliphatic carbocycles. The van der Waals surface area contributed by atoms with Gasteiger partial charge in [-0.15, -0.1) is 0 Å². The molecule has 1 amide bonds. The maximum Gasteiger partial charge on any atom is 0.335 e. The molecule has 7 nitrogen and oxygen atoms in total. The van der Waals surface area contributed by atoms with E-state index in [1.165, 1.54) is 24.3 Å². The van der Waals surface area contributed by atoms with Gasteiger partial charge < -0.3 is 10.8 Å². The average molecular weight is 314 g/mol. The second-order valence-corrected chi connectivity index (χ2v) is 6.76. The van der Waals surface area contributed by atoms with Gasteiger partial charge in [0.05, 0.1) is 11.3 Å². The summed E-state index contributed by atoms with van der Waals surface area (Å²) in [6.45, 7) is 3.36. The highest BCUT2D eigenvalue weighted by Gasteiger charge is 2.25. The first kappa shape index (κ1) is 17.1. The van der Waals surface area contributed by atoms with Crippen LogP contribution < -0.4 is 10.5 Å². The number of hydrogen-bond donors (Lipinski definition) is 3. The molecule has 0 bridgehead atoms. The van der Waals surface area contributed by atoms with Crippen molar-refractivity contribution < 1.29 is 23.1 Å². The molecule has 0 radical (unpaired) electrons. The number of carboxylic acid groups (broad SMARTS) is 1. The van der Waals surface area contributed by atoms with Crippen LogP contribution in [-0.2, 0) is 20.6 Å². The maximum atomic E-state index is 12.0. The first-order chi connectivity index (χ1) is 9.62. The molecule has 1 atom stereocenters. The lowest BCUT2D eigenvalue weighted by molar-refractivity contribution is -0.120. The molecule has 1 unspecified atom stereocenters. The van der Waals surface area contributed by atoms with Crippen molar-refractivity contribution in [2.24, 2.45) is 11.7 Å². The Bertz CT molecular complexity index is 622. The Labute approximate surface area is 123 Å². The summed E-state index contributed by atoms with van der Waals surface area (Å²) in [7, 11) is -3.76. The minimum Gasteiger partial charge on any atom is -0.478 e. The van der Waals surface area contributed by atoms with E-state index in [0.29, 0.717) is 5.56 Å². The lowest BCUT2D eigenvalue weighted by Gasteiger charge is -2.18. The van der Waals surface area contributed by atoms with Gasteiger partial charge in [-0.2, -0.15) is 0 Å². The molecule has 0 aromatic heterocycles. The Morgan fingerprint density at radius 2 is 1.76 bits per heavy atom. The van der Waals surface area contributed by atoms with Crippen molar-refractivity contribution in [1.82, 2.24) is 4.72 Å². The van der Waals surface area contributed by atoms with Crippen LogP contribution in [0.1, 0.15) is 29.8 Å². The van der Waals surface area contributed by atoms with Crippen molar-refractivity contribution in [1.29, 1.82) is 0 Å². The number of amides is 1. The molecule has 0 fully saturated rings. The van der Waals surface area contributed by atoms with Crippen LogP contribution in [0.4, 0.5) is 0 Å². The number of carbonyl (C=O) groups excluding carboxylic acids is 1. The Balaban J connectivity index is 2.85. The van der Waals surface area contributed by atoms with E-state index in [9.17, 15) is 18.0 Å². The van der Waals surface area contributed by atoms with Gasteiger partial charge in [-0.25, -0.2) is 17.9 Å². The monoisotopic (exact) mass is 314 g/mol. The van der Waals surface area contributed by atoms with E-state index in [4.69, 9.17) is 10.8 Å². The minimum atomic E-state index is -3.76. The van der Waals surface area contributed by atoms with Crippen LogP contribution in [0.2, 0.25) is 0 Å². The quantitative estimate of drug-likeness (QED) is 0.667. The van der Waals surface area contributed by atoms with Crippen LogP contribution in [-0.4, -0.2) is 31.4 Å². The number of rotatable bonds is 7. The van der Waals surface area contributed by atoms with E-state index < -0.39 is 27.9 Å². The van der Waals surface area contributed by atoms with Crippen LogP contribution in [0.3, 0.4) is 0 Å². The van der Waals surface area contributed by atoms with E-state index >= 15 is 0 Å². The first-order valence-electron chi connectivity index (χ1n) is 6.24. The van der Waals surface area contributed by atoms with E-state index in [1.54, 1.807) is 13.8 Å². The number of sulfonamides is 1. The predicted molar refractivity (Wildman–Crippen MR) is 77.0 cm³/mol. The molecule has 8 heteroatoms. The normalized spacial score (nSPS) is 13.1. The van der Waals surface area contributed by atoms with Gasteiger partial charge in [0.15, 0.2) is 0 Å². The van der Waals surface area contributed by atoms with Crippen LogP contribution in [0, 0.1) is 5.92 Å². The van der Waals surface area contributed by atoms with Crippen molar-refractivity contribution in [2.75, 3.05) is 0 Å². The van der Waals surface area contributed by atoms with Crippen LogP contribution in [0.5, 0.6) is 0 Å². The summed E-state index contributed by atoms with van der Waals surface area (Å²) < 4.78 is 26.3. The van der Waals surface area contributed by atoms with E-state index in [-0.39, 0.29) is 17.2 Å². The lowest BCUT2D eigenvalue weighted by Crippen LogP contribution is -2.47. The number of hydrogen-bond acceptors (Lipinski definition) is 4. The van der Waals surface area contributed by atoms with Crippen molar-refractivity contribution in [3.05, 3.63) is 35.4 Å². The largest absolute Gasteiger partial charge is 0.478 e. The summed E-state index contributed by atoms with van der Waals surface area (Å²) in [4.78, 5) is 21.9. The molecule has 0 spiro atoms. The molecule has 0 aliphatic heterocycles. The lowest BCUT2D eigenvalue weighted by atomic mass is 10.1. The van der Waals surface area contributed by atoms with Gasteiger partial charge in [0, 0.05) is 0 Å². The summed E-state index contributed by atoms with van der Waals surface area (Å²) >= 11 is 0. The minimum absolute atomic E-state index is 0.0706. The molecular formula is C13H18N2O5S. The van der Waals surface area contributed by atoms with Crippen LogP contribution in [0.25, 0.3) is 0 Å². The standard InChI is InChI=1S/C13H18N2O5S/c1-8(2)11(12(14)16)15-21(19,20)7-9-3-5-10(6-4-9)13(17)18/h3-6,8,11,15H,7H2,1-2H3,(H2,14,16)(H,17,18). The third kappa shape index (κ3) is 5.16. The number of benzene rings is 1. The number of carboxylic acids is 1. The van der Waals surface area contributed by atoms with Gasteiger partial charge in [-0.3, -0.25) is 4.79 Å². The SMILES string of the molecule is CC(C)C(NS(=O)(=O)Cc1ccc(C(=O)O)cc1)C(N)=O. The molecule has 1 rings (SSSR count). The Morgan fingerprint density at radius 1 is 1.24 bits per heavy atom. The zero-order chi connectivity index (χ0) is 16.2. The maximum absolute atomic E-state index is 12.0. The van der Waals surface area contributed by atoms with Crippen molar-refractivity contribution in [3.63, 3.8) is 0 Å². The summed E-state index contributed by atoms with van der Waals surface area (Å²) in [5.41, 5.74) is 5.65. The number of nitrogens with one attached hydrogen (secondary N) is 1. The van der Waals surface area contributed by atoms with E-state index in [0.717, 1.165) is 0 Å². The summed E-state index contributed by atoms with van der Waals surface area (Å²) in [5, 5.41) is 8.77. The van der Waals surface area contributed by atoms with Gasteiger partial charge in [0.1, 0.15) is 6.04 Å². The van der Waals surface area contributed by atoms with E-state index in [2.05, 4.69) is 4.72 Å². The highest BCUT2D eigenvalue weighted by atomic mass is 32.2. The third-order valence-corrected chi connectivity index (χ3v) is 4.16. The summed E-state index contributed by atoms with van der Waals surface area (Å²) in [6, 6.07) is 4.49. The van der Waals surface area contributed by atoms with Gasteiger partial charge in [-0.05, 0) is 23.6 Å². The van der Waals surface area contributed by atoms with Gasteiger partial charge in [0.2, 0.25) is 15.9 Å². The van der Waals surface area contributed by atoms with Crippen LogP contribution in [0.15, 0.2) is 24.3 Å². The zero-order valence-electron chi connectivity index (χ0n) is 11.7. The van der Waals surface area contributed by atoms with E-state index in [1.807, 2.05) is 0 Å². The fourth-order valence-corrected chi connectivity index (χ4v) is 3.21. The van der Waals surface area contributed by atoms with Crippen LogP contribution >= 0.6 is 0 Å². The van der Waals surface area contributed by atoms with Crippen molar-refractivity contribution >= 4 is 21.9 Å². The number of aromatic carboxylic acids is 1. The van der Waals surface area contributed by atoms with Crippen molar-refractivity contribution in [3.8, 4) is 0 Å². The summed E-state index contributed by atoms with van der Waals surface area (Å²) in [5.74, 6) is -2.46. The Hall–Kier alpha value is -1.93. The number of primary amides is 1. The molecular weight excluding hydrogens is 296 g/mol. The Kier molecular flexibility index (Phi) is 5.45. The van der Waals surface area contributed by atoms with Gasteiger partial charge in [-0.1, -0.05) is 26.0 Å². The molecule has 1 aromatic rings. The number of nitrogens with two attached hydrogens (primary N) is 1. The third-order valence-electron chi connectivity index (χ3n) is 2.84. The molecule has 0 saturated carbocycles. The highest BCUT2D eigenvalue weighted by Crippen LogP contribution is 2.10. The van der Waals surface area contributed by atoms with Crippen molar-refractivity contribution in [2.45, 2.75) is 25.6 Å². The number of carbonyl (C=O) groups is 2. The molecule has 1 aromatic carbocycles. The molecule has 0 aliphatic rings. The average Bonchev–Trinajstić information content (AvgIpc) is 2.35. The van der Waals surface area contributed by atoms with Gasteiger partial charge >= 0.3 is 5.97 Å². The molecule has 116 valence electrons. The molecule has 21 heavy (non-hydrogen) atoms. The fraction of sp³-hybridized carbons (Fsp3) is 0.385. The second-order valence-electron chi connectivity index (χ2n) is 5.00. The topological polar surface area (TPSA) is 127 Å². The molecule has 0 saturated heterocycles. The second kappa shape index (κ2) is 6.68. The summed E-state index contributed by atoms with van der Waals surface area (Å²) in [6.07, 6.45) is 0. The fourth-order valence-electron chi connectivity index (χ4n) is 1.72. The smallest absolute Gasteiger partial charge is 0.335 e. The van der Waals surface area contributed by atoms with Gasteiger partial charge in [0.25, 0.3) is 0 Å². The highest BCUT2D eigenvalue weighted by molar-refractivity contribution is 7.88.